The summed E-state index contributed by atoms with van der Waals surface area (Å²) in [5, 5.41) is -0.566. The minimum atomic E-state index is -3.48. The Balaban J connectivity index is 2.44. The monoisotopic (exact) mass is 212 g/mol. The van der Waals surface area contributed by atoms with Crippen molar-refractivity contribution >= 4 is 25.7 Å². The lowest BCUT2D eigenvalue weighted by atomic mass is 9.85. The van der Waals surface area contributed by atoms with Gasteiger partial charge in [0.1, 0.15) is 0 Å². The van der Waals surface area contributed by atoms with E-state index in [-0.39, 0.29) is 11.9 Å². The molecule has 0 atom stereocenters. The molecule has 1 aliphatic carbocycles. The molecule has 1 aliphatic rings. The Morgan fingerprint density at radius 2 is 2.00 bits per heavy atom. The minimum Gasteiger partial charge on any atom is -0.469 e. The second-order valence-electron chi connectivity index (χ2n) is 2.79. The number of esters is 1. The zero-order valence-corrected chi connectivity index (χ0v) is 8.06. The number of hydrogen-bond acceptors (Lipinski definition) is 4. The molecular formula is C6H9ClO4S. The first kappa shape index (κ1) is 9.80. The molecule has 1 fully saturated rings. The molecule has 0 aromatic rings. The Bertz CT molecular complexity index is 278. The molecule has 70 valence electrons. The molecule has 0 spiro atoms. The number of carbonyl (C=O) groups excluding carboxylic acids is 1. The topological polar surface area (TPSA) is 60.4 Å². The Hall–Kier alpha value is -0.290. The summed E-state index contributed by atoms with van der Waals surface area (Å²) in [6.07, 6.45) is 0.580. The molecule has 1 rings (SSSR count). The van der Waals surface area contributed by atoms with Crippen molar-refractivity contribution in [1.82, 2.24) is 0 Å². The molecule has 4 nitrogen and oxygen atoms in total. The third-order valence-corrected chi connectivity index (χ3v) is 3.96. The van der Waals surface area contributed by atoms with E-state index >= 15 is 0 Å². The van der Waals surface area contributed by atoms with Crippen LogP contribution in [-0.4, -0.2) is 26.7 Å². The number of ether oxygens (including phenoxy) is 1. The first-order valence-corrected chi connectivity index (χ1v) is 5.83. The molecule has 6 heteroatoms. The van der Waals surface area contributed by atoms with Gasteiger partial charge in [0.25, 0.3) is 0 Å². The molecule has 12 heavy (non-hydrogen) atoms. The predicted octanol–water partition coefficient (Wildman–Crippen LogP) is 0.507. The van der Waals surface area contributed by atoms with Crippen molar-refractivity contribution in [2.75, 3.05) is 7.11 Å². The molecule has 0 aromatic heterocycles. The average Bonchev–Trinajstić information content (AvgIpc) is 1.80. The van der Waals surface area contributed by atoms with Gasteiger partial charge in [-0.3, -0.25) is 4.79 Å². The Morgan fingerprint density at radius 1 is 1.50 bits per heavy atom. The fraction of sp³-hybridized carbons (Fsp3) is 0.833. The molecule has 0 aliphatic heterocycles. The fourth-order valence-electron chi connectivity index (χ4n) is 1.15. The molecule has 0 aromatic carbocycles. The largest absolute Gasteiger partial charge is 0.469 e. The lowest BCUT2D eigenvalue weighted by Crippen LogP contribution is -2.38. The Kier molecular flexibility index (Phi) is 2.63. The summed E-state index contributed by atoms with van der Waals surface area (Å²) in [4.78, 5) is 10.8. The van der Waals surface area contributed by atoms with Crippen LogP contribution in [0.4, 0.5) is 0 Å². The third-order valence-electron chi connectivity index (χ3n) is 2.03. The van der Waals surface area contributed by atoms with E-state index in [0.717, 1.165) is 0 Å². The smallest absolute Gasteiger partial charge is 0.308 e. The highest BCUT2D eigenvalue weighted by Crippen LogP contribution is 2.35. The van der Waals surface area contributed by atoms with Gasteiger partial charge in [0, 0.05) is 10.7 Å². The quantitative estimate of drug-likeness (QED) is 0.494. The van der Waals surface area contributed by atoms with Crippen molar-refractivity contribution in [3.63, 3.8) is 0 Å². The Labute approximate surface area is 75.3 Å². The van der Waals surface area contributed by atoms with E-state index < -0.39 is 14.3 Å². The highest BCUT2D eigenvalue weighted by Gasteiger charge is 2.42. The van der Waals surface area contributed by atoms with E-state index in [4.69, 9.17) is 10.7 Å². The highest BCUT2D eigenvalue weighted by atomic mass is 35.7. The molecule has 0 heterocycles. The fourth-order valence-corrected chi connectivity index (χ4v) is 2.52. The lowest BCUT2D eigenvalue weighted by molar-refractivity contribution is -0.148. The van der Waals surface area contributed by atoms with Crippen LogP contribution in [0.15, 0.2) is 0 Å². The van der Waals surface area contributed by atoms with Gasteiger partial charge in [-0.1, -0.05) is 0 Å². The van der Waals surface area contributed by atoms with Crippen LogP contribution in [0.5, 0.6) is 0 Å². The molecule has 0 saturated heterocycles. The summed E-state index contributed by atoms with van der Waals surface area (Å²) in [5.74, 6) is -0.639. The maximum absolute atomic E-state index is 10.8. The van der Waals surface area contributed by atoms with Crippen LogP contribution < -0.4 is 0 Å². The SMILES string of the molecule is COC(=O)[C@H]1C[C@H](S(=O)(=O)Cl)C1. The summed E-state index contributed by atoms with van der Waals surface area (Å²) in [5.41, 5.74) is 0. The van der Waals surface area contributed by atoms with E-state index in [1.165, 1.54) is 7.11 Å². The van der Waals surface area contributed by atoms with Crippen LogP contribution in [0.1, 0.15) is 12.8 Å². The molecular weight excluding hydrogens is 204 g/mol. The van der Waals surface area contributed by atoms with Gasteiger partial charge in [-0.2, -0.15) is 0 Å². The number of hydrogen-bond donors (Lipinski definition) is 0. The van der Waals surface area contributed by atoms with E-state index in [2.05, 4.69) is 4.74 Å². The number of carbonyl (C=O) groups is 1. The Morgan fingerprint density at radius 3 is 2.33 bits per heavy atom. The van der Waals surface area contributed by atoms with Crippen molar-refractivity contribution in [3.05, 3.63) is 0 Å². The number of halogens is 1. The third kappa shape index (κ3) is 1.90. The van der Waals surface area contributed by atoms with Crippen LogP contribution in [-0.2, 0) is 18.6 Å². The van der Waals surface area contributed by atoms with Crippen molar-refractivity contribution in [1.29, 1.82) is 0 Å². The molecule has 0 radical (unpaired) electrons. The number of methoxy groups -OCH3 is 1. The minimum absolute atomic E-state index is 0.284. The van der Waals surface area contributed by atoms with Gasteiger partial charge in [-0.25, -0.2) is 8.42 Å². The van der Waals surface area contributed by atoms with Gasteiger partial charge in [-0.15, -0.1) is 0 Å². The predicted molar refractivity (Wildman–Crippen MR) is 43.3 cm³/mol. The van der Waals surface area contributed by atoms with Gasteiger partial charge in [0.2, 0.25) is 9.05 Å². The zero-order chi connectivity index (χ0) is 9.35. The van der Waals surface area contributed by atoms with Crippen LogP contribution in [0, 0.1) is 5.92 Å². The van der Waals surface area contributed by atoms with Crippen molar-refractivity contribution in [3.8, 4) is 0 Å². The van der Waals surface area contributed by atoms with E-state index in [1.807, 2.05) is 0 Å². The van der Waals surface area contributed by atoms with Crippen LogP contribution in [0.2, 0.25) is 0 Å². The van der Waals surface area contributed by atoms with Crippen LogP contribution >= 0.6 is 10.7 Å². The van der Waals surface area contributed by atoms with Crippen molar-refractivity contribution in [2.24, 2.45) is 5.92 Å². The lowest BCUT2D eigenvalue weighted by Gasteiger charge is -2.30. The highest BCUT2D eigenvalue weighted by molar-refractivity contribution is 8.14. The van der Waals surface area contributed by atoms with Gasteiger partial charge in [-0.05, 0) is 12.8 Å². The van der Waals surface area contributed by atoms with Crippen LogP contribution in [0.25, 0.3) is 0 Å². The maximum atomic E-state index is 10.8. The normalized spacial score (nSPS) is 29.2. The summed E-state index contributed by atoms with van der Waals surface area (Å²) in [6, 6.07) is 0. The summed E-state index contributed by atoms with van der Waals surface area (Å²) in [6.45, 7) is 0. The van der Waals surface area contributed by atoms with E-state index in [1.54, 1.807) is 0 Å². The summed E-state index contributed by atoms with van der Waals surface area (Å²) >= 11 is 0. The van der Waals surface area contributed by atoms with Gasteiger partial charge < -0.3 is 4.74 Å². The van der Waals surface area contributed by atoms with Gasteiger partial charge in [0.05, 0.1) is 18.3 Å². The molecule has 0 N–H and O–H groups in total. The van der Waals surface area contributed by atoms with E-state index in [0.29, 0.717) is 12.8 Å². The van der Waals surface area contributed by atoms with Crippen molar-refractivity contribution < 1.29 is 17.9 Å². The maximum Gasteiger partial charge on any atom is 0.308 e. The van der Waals surface area contributed by atoms with Gasteiger partial charge in [0.15, 0.2) is 0 Å². The second kappa shape index (κ2) is 3.22. The van der Waals surface area contributed by atoms with Crippen LogP contribution in [0.3, 0.4) is 0 Å². The summed E-state index contributed by atoms with van der Waals surface area (Å²) < 4.78 is 25.8. The molecule has 0 unspecified atom stereocenters. The number of rotatable bonds is 2. The zero-order valence-electron chi connectivity index (χ0n) is 6.49. The molecule has 0 bridgehead atoms. The first-order chi connectivity index (χ1) is 5.45. The molecule has 0 amide bonds. The second-order valence-corrected chi connectivity index (χ2v) is 5.70. The van der Waals surface area contributed by atoms with Crippen molar-refractivity contribution in [2.45, 2.75) is 18.1 Å². The summed E-state index contributed by atoms with van der Waals surface area (Å²) in [7, 11) is 2.87. The van der Waals surface area contributed by atoms with Gasteiger partial charge >= 0.3 is 5.97 Å². The van der Waals surface area contributed by atoms with E-state index in [9.17, 15) is 13.2 Å². The average molecular weight is 213 g/mol. The first-order valence-electron chi connectivity index (χ1n) is 3.46. The standard InChI is InChI=1S/C6H9ClO4S/c1-11-6(8)4-2-5(3-4)12(7,9)10/h4-5H,2-3H2,1H3/t4-,5-. The molecule has 1 saturated carbocycles.